The molecule has 0 fully saturated rings. The van der Waals surface area contributed by atoms with Gasteiger partial charge in [-0.15, -0.1) is 10.2 Å². The standard InChI is InChI=1S/C28H30N4OS/c1-4-16-31(3)27(33)24-14-9-13-23(18-24)20-34-28-30-29-26(19-22-11-6-5-7-12-22)32(28)25-15-8-10-21(2)17-25/h5-15,17-18H,4,16,19-20H2,1-3H3. The Bertz CT molecular complexity index is 1250. The van der Waals surface area contributed by atoms with Crippen LogP contribution >= 0.6 is 11.8 Å². The molecule has 0 unspecified atom stereocenters. The Morgan fingerprint density at radius 3 is 2.47 bits per heavy atom. The molecule has 1 aromatic heterocycles. The summed E-state index contributed by atoms with van der Waals surface area (Å²) in [5.74, 6) is 1.67. The number of benzene rings is 3. The van der Waals surface area contributed by atoms with E-state index < -0.39 is 0 Å². The van der Waals surface area contributed by atoms with Crippen LogP contribution in [0.5, 0.6) is 0 Å². The quantitative estimate of drug-likeness (QED) is 0.284. The number of hydrogen-bond acceptors (Lipinski definition) is 4. The highest BCUT2D eigenvalue weighted by Crippen LogP contribution is 2.27. The summed E-state index contributed by atoms with van der Waals surface area (Å²) in [6.07, 6.45) is 1.65. The Kier molecular flexibility index (Phi) is 7.80. The van der Waals surface area contributed by atoms with Gasteiger partial charge in [-0.25, -0.2) is 0 Å². The zero-order chi connectivity index (χ0) is 23.9. The number of hydrogen-bond donors (Lipinski definition) is 0. The van der Waals surface area contributed by atoms with Gasteiger partial charge in [-0.2, -0.15) is 0 Å². The largest absolute Gasteiger partial charge is 0.342 e. The number of aromatic nitrogens is 3. The molecule has 0 atom stereocenters. The number of carbonyl (C=O) groups excluding carboxylic acids is 1. The summed E-state index contributed by atoms with van der Waals surface area (Å²) in [5, 5.41) is 9.94. The fourth-order valence-corrected chi connectivity index (χ4v) is 4.83. The van der Waals surface area contributed by atoms with Crippen LogP contribution in [0.1, 0.15) is 46.2 Å². The van der Waals surface area contributed by atoms with Crippen molar-refractivity contribution in [3.05, 3.63) is 107 Å². The van der Waals surface area contributed by atoms with Crippen LogP contribution < -0.4 is 0 Å². The van der Waals surface area contributed by atoms with E-state index in [1.54, 1.807) is 16.7 Å². The van der Waals surface area contributed by atoms with Gasteiger partial charge in [0.25, 0.3) is 5.91 Å². The predicted molar refractivity (Wildman–Crippen MR) is 139 cm³/mol. The summed E-state index contributed by atoms with van der Waals surface area (Å²) in [4.78, 5) is 14.5. The Labute approximate surface area is 205 Å². The smallest absolute Gasteiger partial charge is 0.253 e. The van der Waals surface area contributed by atoms with E-state index >= 15 is 0 Å². The minimum absolute atomic E-state index is 0.0572. The van der Waals surface area contributed by atoms with Crippen LogP contribution in [0.2, 0.25) is 0 Å². The summed E-state index contributed by atoms with van der Waals surface area (Å²) in [6.45, 7) is 4.92. The van der Waals surface area contributed by atoms with Gasteiger partial charge in [0, 0.05) is 37.0 Å². The van der Waals surface area contributed by atoms with E-state index in [0.29, 0.717) is 12.2 Å². The monoisotopic (exact) mass is 470 g/mol. The average Bonchev–Trinajstić information content (AvgIpc) is 3.25. The zero-order valence-corrected chi connectivity index (χ0v) is 20.8. The average molecular weight is 471 g/mol. The van der Waals surface area contributed by atoms with Crippen molar-refractivity contribution in [3.8, 4) is 5.69 Å². The van der Waals surface area contributed by atoms with E-state index in [-0.39, 0.29) is 5.91 Å². The third kappa shape index (κ3) is 5.75. The van der Waals surface area contributed by atoms with E-state index in [1.165, 1.54) is 11.1 Å². The Hall–Kier alpha value is -3.38. The summed E-state index contributed by atoms with van der Waals surface area (Å²) in [7, 11) is 1.85. The molecule has 0 bridgehead atoms. The van der Waals surface area contributed by atoms with Gasteiger partial charge in [0.1, 0.15) is 5.82 Å². The van der Waals surface area contributed by atoms with Gasteiger partial charge >= 0.3 is 0 Å². The van der Waals surface area contributed by atoms with Crippen molar-refractivity contribution in [2.45, 2.75) is 37.6 Å². The second-order valence-corrected chi connectivity index (χ2v) is 9.39. The topological polar surface area (TPSA) is 51.0 Å². The first-order valence-corrected chi connectivity index (χ1v) is 12.6. The minimum Gasteiger partial charge on any atom is -0.342 e. The van der Waals surface area contributed by atoms with Crippen molar-refractivity contribution in [1.29, 1.82) is 0 Å². The molecule has 0 aliphatic rings. The number of carbonyl (C=O) groups is 1. The first-order valence-electron chi connectivity index (χ1n) is 11.6. The van der Waals surface area contributed by atoms with Gasteiger partial charge in [-0.05, 0) is 54.3 Å². The first-order chi connectivity index (χ1) is 16.5. The fraction of sp³-hybridized carbons (Fsp3) is 0.250. The van der Waals surface area contributed by atoms with E-state index in [1.807, 2.05) is 43.4 Å². The third-order valence-corrected chi connectivity index (χ3v) is 6.61. The van der Waals surface area contributed by atoms with Gasteiger partial charge in [-0.1, -0.05) is 73.3 Å². The summed E-state index contributed by atoms with van der Waals surface area (Å²) in [5.41, 5.74) is 5.25. The molecule has 1 amide bonds. The number of amides is 1. The van der Waals surface area contributed by atoms with E-state index in [0.717, 1.165) is 40.8 Å². The van der Waals surface area contributed by atoms with Crippen LogP contribution in [-0.4, -0.2) is 39.2 Å². The number of nitrogens with zero attached hydrogens (tertiary/aromatic N) is 4. The van der Waals surface area contributed by atoms with Crippen LogP contribution in [0.25, 0.3) is 5.69 Å². The molecule has 0 radical (unpaired) electrons. The molecule has 34 heavy (non-hydrogen) atoms. The molecule has 4 rings (SSSR count). The lowest BCUT2D eigenvalue weighted by atomic mass is 10.1. The highest BCUT2D eigenvalue weighted by atomic mass is 32.2. The first kappa shape index (κ1) is 23.8. The summed E-state index contributed by atoms with van der Waals surface area (Å²) >= 11 is 1.64. The molecular formula is C28H30N4OS. The third-order valence-electron chi connectivity index (χ3n) is 5.61. The molecule has 6 heteroatoms. The number of rotatable bonds is 9. The van der Waals surface area contributed by atoms with Crippen molar-refractivity contribution in [3.63, 3.8) is 0 Å². The van der Waals surface area contributed by atoms with E-state index in [9.17, 15) is 4.79 Å². The maximum atomic E-state index is 12.7. The highest BCUT2D eigenvalue weighted by Gasteiger charge is 2.16. The van der Waals surface area contributed by atoms with E-state index in [4.69, 9.17) is 0 Å². The van der Waals surface area contributed by atoms with Crippen LogP contribution in [0, 0.1) is 6.92 Å². The van der Waals surface area contributed by atoms with Crippen LogP contribution in [0.15, 0.2) is 84.0 Å². The number of thioether (sulfide) groups is 1. The maximum Gasteiger partial charge on any atom is 0.253 e. The molecule has 0 N–H and O–H groups in total. The fourth-order valence-electron chi connectivity index (χ4n) is 3.91. The lowest BCUT2D eigenvalue weighted by Crippen LogP contribution is -2.27. The molecule has 5 nitrogen and oxygen atoms in total. The van der Waals surface area contributed by atoms with Crippen molar-refractivity contribution in [2.75, 3.05) is 13.6 Å². The molecule has 1 heterocycles. The maximum absolute atomic E-state index is 12.7. The van der Waals surface area contributed by atoms with Crippen molar-refractivity contribution in [2.24, 2.45) is 0 Å². The molecule has 0 aliphatic carbocycles. The Morgan fingerprint density at radius 1 is 0.941 bits per heavy atom. The van der Waals surface area contributed by atoms with Crippen molar-refractivity contribution in [1.82, 2.24) is 19.7 Å². The molecule has 0 saturated heterocycles. The number of aryl methyl sites for hydroxylation is 1. The van der Waals surface area contributed by atoms with Gasteiger partial charge in [-0.3, -0.25) is 9.36 Å². The van der Waals surface area contributed by atoms with Gasteiger partial charge in [0.05, 0.1) is 0 Å². The molecule has 174 valence electrons. The molecule has 0 spiro atoms. The second kappa shape index (κ2) is 11.2. The minimum atomic E-state index is 0.0572. The normalized spacial score (nSPS) is 10.9. The van der Waals surface area contributed by atoms with Crippen LogP contribution in [-0.2, 0) is 12.2 Å². The van der Waals surface area contributed by atoms with Gasteiger partial charge in [0.2, 0.25) is 0 Å². The lowest BCUT2D eigenvalue weighted by molar-refractivity contribution is 0.0795. The van der Waals surface area contributed by atoms with Crippen LogP contribution in [0.3, 0.4) is 0 Å². The molecular weight excluding hydrogens is 440 g/mol. The van der Waals surface area contributed by atoms with Crippen molar-refractivity contribution >= 4 is 17.7 Å². The van der Waals surface area contributed by atoms with E-state index in [2.05, 4.69) is 71.1 Å². The Morgan fingerprint density at radius 2 is 1.71 bits per heavy atom. The molecule has 3 aromatic carbocycles. The van der Waals surface area contributed by atoms with Crippen LogP contribution in [0.4, 0.5) is 0 Å². The summed E-state index contributed by atoms with van der Waals surface area (Å²) in [6, 6.07) is 26.6. The Balaban J connectivity index is 1.59. The SMILES string of the molecule is CCCN(C)C(=O)c1cccc(CSc2nnc(Cc3ccccc3)n2-c2cccc(C)c2)c1. The highest BCUT2D eigenvalue weighted by molar-refractivity contribution is 7.98. The zero-order valence-electron chi connectivity index (χ0n) is 19.9. The van der Waals surface area contributed by atoms with Gasteiger partial charge < -0.3 is 4.90 Å². The predicted octanol–water partition coefficient (Wildman–Crippen LogP) is 5.94. The van der Waals surface area contributed by atoms with Gasteiger partial charge in [0.15, 0.2) is 5.16 Å². The lowest BCUT2D eigenvalue weighted by Gasteiger charge is -2.16. The molecule has 0 aliphatic heterocycles. The second-order valence-electron chi connectivity index (χ2n) is 8.45. The molecule has 4 aromatic rings. The van der Waals surface area contributed by atoms with Crippen molar-refractivity contribution < 1.29 is 4.79 Å². The molecule has 0 saturated carbocycles. The summed E-state index contributed by atoms with van der Waals surface area (Å²) < 4.78 is 2.15.